The van der Waals surface area contributed by atoms with E-state index in [9.17, 15) is 0 Å². The van der Waals surface area contributed by atoms with Gasteiger partial charge in [-0.3, -0.25) is 0 Å². The average Bonchev–Trinajstić information content (AvgIpc) is 3.01. The van der Waals surface area contributed by atoms with Crippen LogP contribution in [0.15, 0.2) is 28.0 Å². The smallest absolute Gasteiger partial charge is 0.251 e. The molecule has 0 radical (unpaired) electrons. The van der Waals surface area contributed by atoms with E-state index in [4.69, 9.17) is 23.9 Å². The molecule has 1 N–H and O–H groups in total. The van der Waals surface area contributed by atoms with Gasteiger partial charge in [-0.2, -0.15) is 10.4 Å². The first kappa shape index (κ1) is 15.2. The molecule has 0 fully saturated rings. The zero-order valence-electron chi connectivity index (χ0n) is 12.3. The molecule has 0 atom stereocenters. The summed E-state index contributed by atoms with van der Waals surface area (Å²) in [4.78, 5) is 3.72. The summed E-state index contributed by atoms with van der Waals surface area (Å²) in [6.45, 7) is 0. The van der Waals surface area contributed by atoms with Crippen molar-refractivity contribution in [3.8, 4) is 23.3 Å². The summed E-state index contributed by atoms with van der Waals surface area (Å²) in [7, 11) is 4.59. The van der Waals surface area contributed by atoms with Crippen LogP contribution in [0, 0.1) is 11.3 Å². The molecule has 0 aliphatic rings. The Morgan fingerprint density at radius 2 is 1.91 bits per heavy atom. The number of benzene rings is 1. The van der Waals surface area contributed by atoms with Crippen LogP contribution in [-0.2, 0) is 0 Å². The van der Waals surface area contributed by atoms with E-state index < -0.39 is 0 Å². The van der Waals surface area contributed by atoms with Crippen LogP contribution in [0.5, 0.6) is 17.2 Å². The average molecular weight is 302 g/mol. The molecule has 22 heavy (non-hydrogen) atoms. The van der Waals surface area contributed by atoms with E-state index in [1.165, 1.54) is 27.5 Å². The number of hydrogen-bond donors (Lipinski definition) is 1. The molecule has 1 aromatic heterocycles. The number of hydrazone groups is 1. The van der Waals surface area contributed by atoms with Gasteiger partial charge in [-0.25, -0.2) is 10.4 Å². The molecule has 0 bridgehead atoms. The number of rotatable bonds is 6. The molecule has 8 nitrogen and oxygen atoms in total. The van der Waals surface area contributed by atoms with Crippen LogP contribution in [0.2, 0.25) is 0 Å². The predicted octanol–water partition coefficient (Wildman–Crippen LogP) is 2.02. The Bertz CT molecular complexity index is 693. The molecule has 0 spiro atoms. The summed E-state index contributed by atoms with van der Waals surface area (Å²) in [5, 5.41) is 12.8. The van der Waals surface area contributed by atoms with E-state index in [-0.39, 0.29) is 11.6 Å². The van der Waals surface area contributed by atoms with Gasteiger partial charge < -0.3 is 18.6 Å². The number of methoxy groups -OCH3 is 3. The highest BCUT2D eigenvalue weighted by Gasteiger charge is 2.12. The zero-order valence-corrected chi connectivity index (χ0v) is 12.3. The summed E-state index contributed by atoms with van der Waals surface area (Å²) >= 11 is 0. The van der Waals surface area contributed by atoms with Gasteiger partial charge in [0.1, 0.15) is 6.07 Å². The fourth-order valence-corrected chi connectivity index (χ4v) is 1.75. The zero-order chi connectivity index (χ0) is 15.9. The number of oxazole rings is 1. The van der Waals surface area contributed by atoms with Crippen LogP contribution in [0.3, 0.4) is 0 Å². The van der Waals surface area contributed by atoms with Gasteiger partial charge in [-0.1, -0.05) is 0 Å². The third-order valence-electron chi connectivity index (χ3n) is 2.74. The summed E-state index contributed by atoms with van der Waals surface area (Å²) in [6.07, 6.45) is 2.68. The highest BCUT2D eigenvalue weighted by atomic mass is 16.5. The molecule has 0 unspecified atom stereocenters. The minimum Gasteiger partial charge on any atom is -0.493 e. The molecule has 2 rings (SSSR count). The molecule has 0 amide bonds. The van der Waals surface area contributed by atoms with Crippen molar-refractivity contribution in [3.05, 3.63) is 29.8 Å². The SMILES string of the molecule is COc1cc(/C=N/Nc2ocnc2C#N)cc(OC)c1OC. The van der Waals surface area contributed by atoms with Gasteiger partial charge >= 0.3 is 0 Å². The highest BCUT2D eigenvalue weighted by Crippen LogP contribution is 2.37. The lowest BCUT2D eigenvalue weighted by Crippen LogP contribution is -1.97. The highest BCUT2D eigenvalue weighted by molar-refractivity contribution is 5.83. The van der Waals surface area contributed by atoms with Crippen LogP contribution in [-0.4, -0.2) is 32.5 Å². The number of nitriles is 1. The molecule has 0 aliphatic carbocycles. The van der Waals surface area contributed by atoms with Crippen LogP contribution < -0.4 is 19.6 Å². The molecule has 0 saturated heterocycles. The number of aromatic nitrogens is 1. The number of anilines is 1. The van der Waals surface area contributed by atoms with Crippen LogP contribution in [0.4, 0.5) is 5.88 Å². The van der Waals surface area contributed by atoms with Crippen LogP contribution >= 0.6 is 0 Å². The Kier molecular flexibility index (Phi) is 4.82. The lowest BCUT2D eigenvalue weighted by molar-refractivity contribution is 0.324. The second-order valence-electron chi connectivity index (χ2n) is 3.97. The first-order valence-electron chi connectivity index (χ1n) is 6.16. The lowest BCUT2D eigenvalue weighted by atomic mass is 10.2. The topological polar surface area (TPSA) is 102 Å². The molecule has 1 heterocycles. The molecule has 114 valence electrons. The van der Waals surface area contributed by atoms with E-state index in [2.05, 4.69) is 15.5 Å². The quantitative estimate of drug-likeness (QED) is 0.643. The standard InChI is InChI=1S/C14H14N4O4/c1-19-11-4-9(5-12(20-2)13(11)21-3)7-17-18-14-10(6-15)16-8-22-14/h4-5,7-8,18H,1-3H3/b17-7+. The van der Waals surface area contributed by atoms with Crippen molar-refractivity contribution in [1.82, 2.24) is 4.98 Å². The van der Waals surface area contributed by atoms with E-state index in [1.807, 2.05) is 6.07 Å². The van der Waals surface area contributed by atoms with Crippen LogP contribution in [0.1, 0.15) is 11.3 Å². The Hall–Kier alpha value is -3.21. The number of ether oxygens (including phenoxy) is 3. The summed E-state index contributed by atoms with van der Waals surface area (Å²) in [5.74, 6) is 1.70. The number of nitrogens with one attached hydrogen (secondary N) is 1. The fraction of sp³-hybridized carbons (Fsp3) is 0.214. The van der Waals surface area contributed by atoms with Gasteiger partial charge in [0.25, 0.3) is 5.88 Å². The Morgan fingerprint density at radius 3 is 2.45 bits per heavy atom. The second kappa shape index (κ2) is 6.99. The van der Waals surface area contributed by atoms with Gasteiger partial charge in [-0.15, -0.1) is 0 Å². The van der Waals surface area contributed by atoms with Crippen molar-refractivity contribution in [2.75, 3.05) is 26.8 Å². The van der Waals surface area contributed by atoms with Gasteiger partial charge in [-0.05, 0) is 12.1 Å². The second-order valence-corrected chi connectivity index (χ2v) is 3.97. The minimum absolute atomic E-state index is 0.127. The Labute approximate surface area is 126 Å². The maximum Gasteiger partial charge on any atom is 0.251 e. The normalized spacial score (nSPS) is 10.3. The number of nitrogens with zero attached hydrogens (tertiary/aromatic N) is 3. The van der Waals surface area contributed by atoms with Gasteiger partial charge in [0.2, 0.25) is 11.4 Å². The van der Waals surface area contributed by atoms with Gasteiger partial charge in [0.15, 0.2) is 17.9 Å². The third-order valence-corrected chi connectivity index (χ3v) is 2.74. The lowest BCUT2D eigenvalue weighted by Gasteiger charge is -2.12. The first-order chi connectivity index (χ1) is 10.7. The fourth-order valence-electron chi connectivity index (χ4n) is 1.75. The number of hydrogen-bond acceptors (Lipinski definition) is 8. The predicted molar refractivity (Wildman–Crippen MR) is 78.5 cm³/mol. The van der Waals surface area contributed by atoms with E-state index >= 15 is 0 Å². The van der Waals surface area contributed by atoms with E-state index in [0.29, 0.717) is 22.8 Å². The summed E-state index contributed by atoms with van der Waals surface area (Å²) < 4.78 is 20.7. The van der Waals surface area contributed by atoms with Crippen molar-refractivity contribution < 1.29 is 18.6 Å². The molecule has 0 saturated carbocycles. The first-order valence-corrected chi connectivity index (χ1v) is 6.16. The Morgan fingerprint density at radius 1 is 1.23 bits per heavy atom. The third kappa shape index (κ3) is 3.09. The van der Waals surface area contributed by atoms with E-state index in [0.717, 1.165) is 6.39 Å². The van der Waals surface area contributed by atoms with Crippen molar-refractivity contribution in [2.24, 2.45) is 5.10 Å². The van der Waals surface area contributed by atoms with E-state index in [1.54, 1.807) is 12.1 Å². The van der Waals surface area contributed by atoms with Gasteiger partial charge in [0.05, 0.1) is 27.5 Å². The molecule has 8 heteroatoms. The summed E-state index contributed by atoms with van der Waals surface area (Å²) in [5.41, 5.74) is 3.44. The maximum atomic E-state index is 8.81. The van der Waals surface area contributed by atoms with Crippen molar-refractivity contribution in [3.63, 3.8) is 0 Å². The van der Waals surface area contributed by atoms with Crippen LogP contribution in [0.25, 0.3) is 0 Å². The van der Waals surface area contributed by atoms with Crippen molar-refractivity contribution in [1.29, 1.82) is 5.26 Å². The molecular weight excluding hydrogens is 288 g/mol. The Balaban J connectivity index is 2.22. The monoisotopic (exact) mass is 302 g/mol. The summed E-state index contributed by atoms with van der Waals surface area (Å²) in [6, 6.07) is 5.35. The molecule has 2 aromatic rings. The molecular formula is C14H14N4O4. The molecule has 1 aromatic carbocycles. The van der Waals surface area contributed by atoms with Crippen molar-refractivity contribution >= 4 is 12.1 Å². The van der Waals surface area contributed by atoms with Gasteiger partial charge in [0, 0.05) is 5.56 Å². The van der Waals surface area contributed by atoms with Crippen molar-refractivity contribution in [2.45, 2.75) is 0 Å². The minimum atomic E-state index is 0.127. The molecule has 0 aliphatic heterocycles. The largest absolute Gasteiger partial charge is 0.493 e. The maximum absolute atomic E-state index is 8.81.